The van der Waals surface area contributed by atoms with Gasteiger partial charge in [-0.25, -0.2) is 13.8 Å². The first kappa shape index (κ1) is 24.6. The van der Waals surface area contributed by atoms with Gasteiger partial charge in [-0.3, -0.25) is 9.59 Å². The lowest BCUT2D eigenvalue weighted by Gasteiger charge is -2.23. The number of hydrazone groups is 1. The Morgan fingerprint density at radius 1 is 1.08 bits per heavy atom. The normalized spacial score (nSPS) is 19.0. The third-order valence-corrected chi connectivity index (χ3v) is 7.16. The number of hydrogen-bond donors (Lipinski definition) is 1. The van der Waals surface area contributed by atoms with Crippen LogP contribution >= 0.6 is 11.8 Å². The molecule has 3 aromatic carbocycles. The zero-order chi connectivity index (χ0) is 25.9. The van der Waals surface area contributed by atoms with Crippen LogP contribution in [0.4, 0.5) is 14.5 Å². The molecule has 188 valence electrons. The number of amides is 2. The summed E-state index contributed by atoms with van der Waals surface area (Å²) in [5.41, 5.74) is 2.90. The van der Waals surface area contributed by atoms with Gasteiger partial charge < -0.3 is 10.1 Å². The number of benzene rings is 3. The highest BCUT2D eigenvalue weighted by molar-refractivity contribution is 8.15. The first-order valence-electron chi connectivity index (χ1n) is 11.5. The second-order valence-electron chi connectivity index (χ2n) is 8.47. The van der Waals surface area contributed by atoms with Gasteiger partial charge in [0.1, 0.15) is 11.0 Å². The summed E-state index contributed by atoms with van der Waals surface area (Å²) in [6.07, 6.45) is 0.430. The fourth-order valence-corrected chi connectivity index (χ4v) is 5.20. The number of ether oxygens (including phenoxy) is 1. The predicted molar refractivity (Wildman–Crippen MR) is 139 cm³/mol. The van der Waals surface area contributed by atoms with Gasteiger partial charge in [0.05, 0.1) is 18.9 Å². The molecule has 0 unspecified atom stereocenters. The zero-order valence-corrected chi connectivity index (χ0v) is 20.5. The van der Waals surface area contributed by atoms with E-state index >= 15 is 0 Å². The molecule has 0 saturated carbocycles. The molecule has 2 aliphatic heterocycles. The first-order chi connectivity index (χ1) is 17.9. The van der Waals surface area contributed by atoms with Crippen molar-refractivity contribution in [1.29, 1.82) is 0 Å². The molecule has 0 bridgehead atoms. The lowest BCUT2D eigenvalue weighted by molar-refractivity contribution is -0.121. The highest BCUT2D eigenvalue weighted by Gasteiger charge is 2.39. The van der Waals surface area contributed by atoms with E-state index in [2.05, 4.69) is 10.3 Å². The third kappa shape index (κ3) is 5.39. The van der Waals surface area contributed by atoms with Gasteiger partial charge in [0.15, 0.2) is 16.8 Å². The summed E-state index contributed by atoms with van der Waals surface area (Å²) in [6, 6.07) is 20.3. The van der Waals surface area contributed by atoms with Crippen LogP contribution in [0.2, 0.25) is 0 Å². The van der Waals surface area contributed by atoms with Gasteiger partial charge in [0.25, 0.3) is 5.91 Å². The Kier molecular flexibility index (Phi) is 7.00. The lowest BCUT2D eigenvalue weighted by Crippen LogP contribution is -2.25. The Bertz CT molecular complexity index is 1400. The molecule has 0 spiro atoms. The predicted octanol–water partition coefficient (Wildman–Crippen LogP) is 5.15. The molecular weight excluding hydrogens is 498 g/mol. The SMILES string of the molecule is COc1ccc(C2=NN(C3=NC(=O)[C@H](CC(=O)Nc4ccc(F)c(F)c4)S3)[C@H](c3ccccc3)C2)cc1. The maximum atomic E-state index is 13.5. The Labute approximate surface area is 216 Å². The third-order valence-electron chi connectivity index (χ3n) is 6.02. The molecule has 2 amide bonds. The van der Waals surface area contributed by atoms with Gasteiger partial charge >= 0.3 is 0 Å². The number of methoxy groups -OCH3 is 1. The molecule has 2 aliphatic rings. The number of carbonyl (C=O) groups excluding carboxylic acids is 2. The molecule has 2 atom stereocenters. The average molecular weight is 521 g/mol. The van der Waals surface area contributed by atoms with Crippen LogP contribution in [-0.2, 0) is 9.59 Å². The van der Waals surface area contributed by atoms with Gasteiger partial charge in [-0.2, -0.15) is 10.1 Å². The number of halogens is 2. The Morgan fingerprint density at radius 3 is 2.54 bits per heavy atom. The molecule has 0 fully saturated rings. The number of amidine groups is 1. The van der Waals surface area contributed by atoms with Gasteiger partial charge in [0.2, 0.25) is 5.91 Å². The van der Waals surface area contributed by atoms with Crippen molar-refractivity contribution < 1.29 is 23.1 Å². The van der Waals surface area contributed by atoms with Gasteiger partial charge in [-0.05, 0) is 47.5 Å². The average Bonchev–Trinajstić information content (AvgIpc) is 3.51. The minimum atomic E-state index is -1.07. The van der Waals surface area contributed by atoms with E-state index in [0.717, 1.165) is 34.7 Å². The minimum Gasteiger partial charge on any atom is -0.497 e. The second kappa shape index (κ2) is 10.5. The highest BCUT2D eigenvalue weighted by atomic mass is 32.2. The molecule has 0 radical (unpaired) electrons. The lowest BCUT2D eigenvalue weighted by atomic mass is 9.98. The maximum absolute atomic E-state index is 13.5. The number of nitrogens with one attached hydrogen (secondary N) is 1. The largest absolute Gasteiger partial charge is 0.497 e. The number of thioether (sulfide) groups is 1. The van der Waals surface area contributed by atoms with Crippen molar-refractivity contribution in [3.8, 4) is 5.75 Å². The number of nitrogens with zero attached hydrogens (tertiary/aromatic N) is 3. The Balaban J connectivity index is 1.33. The van der Waals surface area contributed by atoms with Crippen LogP contribution in [0.25, 0.3) is 0 Å². The van der Waals surface area contributed by atoms with Crippen molar-refractivity contribution in [1.82, 2.24) is 5.01 Å². The molecule has 2 heterocycles. The van der Waals surface area contributed by atoms with Gasteiger partial charge in [-0.15, -0.1) is 0 Å². The van der Waals surface area contributed by atoms with Crippen LogP contribution in [0.1, 0.15) is 30.0 Å². The Morgan fingerprint density at radius 2 is 1.84 bits per heavy atom. The van der Waals surface area contributed by atoms with Gasteiger partial charge in [-0.1, -0.05) is 42.1 Å². The number of rotatable bonds is 6. The first-order valence-corrected chi connectivity index (χ1v) is 12.4. The van der Waals surface area contributed by atoms with E-state index in [1.54, 1.807) is 12.1 Å². The van der Waals surface area contributed by atoms with E-state index in [9.17, 15) is 18.4 Å². The quantitative estimate of drug-likeness (QED) is 0.486. The van der Waals surface area contributed by atoms with E-state index in [4.69, 9.17) is 9.84 Å². The van der Waals surface area contributed by atoms with Crippen molar-refractivity contribution >= 4 is 40.1 Å². The van der Waals surface area contributed by atoms with Crippen LogP contribution < -0.4 is 10.1 Å². The molecule has 3 aromatic rings. The maximum Gasteiger partial charge on any atom is 0.262 e. The fourth-order valence-electron chi connectivity index (χ4n) is 4.14. The summed E-state index contributed by atoms with van der Waals surface area (Å²) in [6.45, 7) is 0. The van der Waals surface area contributed by atoms with Crippen LogP contribution in [0.5, 0.6) is 5.75 Å². The van der Waals surface area contributed by atoms with Crippen LogP contribution in [-0.4, -0.2) is 40.1 Å². The molecule has 10 heteroatoms. The summed E-state index contributed by atoms with van der Waals surface area (Å²) in [5.74, 6) is -2.28. The molecular formula is C27H22F2N4O3S. The summed E-state index contributed by atoms with van der Waals surface area (Å²) >= 11 is 1.17. The standard InChI is InChI=1S/C27H22F2N4O3S/c1-36-19-10-7-16(8-11-19)22-14-23(17-5-3-2-4-6-17)33(32-22)27-31-26(35)24(37-27)15-25(34)30-18-9-12-20(28)21(29)13-18/h2-13,23-24H,14-15H2,1H3,(H,30,34)/t23-,24-/m0/s1. The van der Waals surface area contributed by atoms with Crippen molar-refractivity contribution in [2.45, 2.75) is 24.1 Å². The summed E-state index contributed by atoms with van der Waals surface area (Å²) in [4.78, 5) is 29.4. The minimum absolute atomic E-state index is 0.109. The number of carbonyl (C=O) groups is 2. The van der Waals surface area contributed by atoms with E-state index in [1.165, 1.54) is 17.8 Å². The second-order valence-corrected chi connectivity index (χ2v) is 9.64. The zero-order valence-electron chi connectivity index (χ0n) is 19.7. The summed E-state index contributed by atoms with van der Waals surface area (Å²) in [7, 11) is 1.61. The summed E-state index contributed by atoms with van der Waals surface area (Å²) in [5, 5.41) is 8.71. The molecule has 0 saturated heterocycles. The van der Waals surface area contributed by atoms with Crippen molar-refractivity contribution in [3.63, 3.8) is 0 Å². The molecule has 0 aromatic heterocycles. The topological polar surface area (TPSA) is 83.4 Å². The fraction of sp³-hybridized carbons (Fsp3) is 0.185. The summed E-state index contributed by atoms with van der Waals surface area (Å²) < 4.78 is 31.9. The van der Waals surface area contributed by atoms with E-state index in [-0.39, 0.29) is 18.2 Å². The van der Waals surface area contributed by atoms with E-state index in [0.29, 0.717) is 11.6 Å². The smallest absolute Gasteiger partial charge is 0.262 e. The monoisotopic (exact) mass is 520 g/mol. The molecule has 5 rings (SSSR count). The van der Waals surface area contributed by atoms with Gasteiger partial charge in [0, 0.05) is 24.6 Å². The molecule has 37 heavy (non-hydrogen) atoms. The number of aliphatic imine (C=N–C) groups is 1. The van der Waals surface area contributed by atoms with E-state index < -0.39 is 28.7 Å². The Hall–Kier alpha value is -4.05. The van der Waals surface area contributed by atoms with Crippen molar-refractivity contribution in [3.05, 3.63) is 95.6 Å². The molecule has 7 nitrogen and oxygen atoms in total. The van der Waals surface area contributed by atoms with Crippen molar-refractivity contribution in [2.24, 2.45) is 10.1 Å². The van der Waals surface area contributed by atoms with Crippen molar-refractivity contribution in [2.75, 3.05) is 12.4 Å². The highest BCUT2D eigenvalue weighted by Crippen LogP contribution is 2.38. The molecule has 1 N–H and O–H groups in total. The molecule has 0 aliphatic carbocycles. The van der Waals surface area contributed by atoms with E-state index in [1.807, 2.05) is 54.6 Å². The van der Waals surface area contributed by atoms with Crippen LogP contribution in [0.3, 0.4) is 0 Å². The number of hydrogen-bond acceptors (Lipinski definition) is 6. The van der Waals surface area contributed by atoms with Crippen LogP contribution in [0, 0.1) is 11.6 Å². The number of anilines is 1. The van der Waals surface area contributed by atoms with Crippen LogP contribution in [0.15, 0.2) is 82.9 Å².